The molecule has 0 atom stereocenters. The van der Waals surface area contributed by atoms with E-state index < -0.39 is 0 Å². The second-order valence-electron chi connectivity index (χ2n) is 4.73. The lowest BCUT2D eigenvalue weighted by atomic mass is 10.2. The third kappa shape index (κ3) is 2.74. The topological polar surface area (TPSA) is 43.8 Å². The summed E-state index contributed by atoms with van der Waals surface area (Å²) in [6.45, 7) is 2.96. The third-order valence-electron chi connectivity index (χ3n) is 3.38. The molecule has 2 aromatic carbocycles. The standard InChI is InChI=1S/C16H16ClN3S/c1-2-20-15-9-4-3-6-11(15)14(19-20)10-21-16-12(17)7-5-8-13(16)18/h3-9H,2,10,18H2,1H3. The van der Waals surface area contributed by atoms with E-state index in [2.05, 4.69) is 19.1 Å². The highest BCUT2D eigenvalue weighted by molar-refractivity contribution is 7.98. The van der Waals surface area contributed by atoms with Crippen LogP contribution in [0.4, 0.5) is 5.69 Å². The summed E-state index contributed by atoms with van der Waals surface area (Å²) in [6, 6.07) is 13.9. The first kappa shape index (κ1) is 14.3. The minimum Gasteiger partial charge on any atom is -0.398 e. The molecule has 1 heterocycles. The van der Waals surface area contributed by atoms with Gasteiger partial charge in [0.25, 0.3) is 0 Å². The van der Waals surface area contributed by atoms with Crippen molar-refractivity contribution >= 4 is 40.0 Å². The van der Waals surface area contributed by atoms with Crippen LogP contribution < -0.4 is 5.73 Å². The van der Waals surface area contributed by atoms with Gasteiger partial charge in [-0.2, -0.15) is 5.10 Å². The zero-order valence-corrected chi connectivity index (χ0v) is 13.3. The zero-order chi connectivity index (χ0) is 14.8. The number of fused-ring (bicyclic) bond motifs is 1. The van der Waals surface area contributed by atoms with Gasteiger partial charge in [-0.05, 0) is 25.1 Å². The van der Waals surface area contributed by atoms with Crippen molar-refractivity contribution in [2.75, 3.05) is 5.73 Å². The molecule has 1 aromatic heterocycles. The maximum Gasteiger partial charge on any atom is 0.0805 e. The minimum atomic E-state index is 0.694. The van der Waals surface area contributed by atoms with E-state index in [1.165, 1.54) is 10.9 Å². The van der Waals surface area contributed by atoms with Crippen LogP contribution in [0.25, 0.3) is 10.9 Å². The number of thioether (sulfide) groups is 1. The van der Waals surface area contributed by atoms with Gasteiger partial charge in [0.15, 0.2) is 0 Å². The number of anilines is 1. The van der Waals surface area contributed by atoms with Crippen LogP contribution in [0, 0.1) is 0 Å². The highest BCUT2D eigenvalue weighted by Gasteiger charge is 2.11. The van der Waals surface area contributed by atoms with Crippen molar-refractivity contribution in [2.45, 2.75) is 24.1 Å². The highest BCUT2D eigenvalue weighted by Crippen LogP contribution is 2.35. The molecule has 0 aliphatic carbocycles. The zero-order valence-electron chi connectivity index (χ0n) is 11.7. The maximum atomic E-state index is 6.22. The van der Waals surface area contributed by atoms with E-state index in [0.717, 1.165) is 22.9 Å². The molecule has 3 nitrogen and oxygen atoms in total. The molecular weight excluding hydrogens is 302 g/mol. The summed E-state index contributed by atoms with van der Waals surface area (Å²) in [6.07, 6.45) is 0. The van der Waals surface area contributed by atoms with Crippen LogP contribution in [0.15, 0.2) is 47.4 Å². The average molecular weight is 318 g/mol. The predicted octanol–water partition coefficient (Wildman–Crippen LogP) is 4.58. The van der Waals surface area contributed by atoms with Crippen molar-refractivity contribution < 1.29 is 0 Å². The Hall–Kier alpha value is -1.65. The van der Waals surface area contributed by atoms with Crippen LogP contribution in [-0.4, -0.2) is 9.78 Å². The number of nitrogens with two attached hydrogens (primary N) is 1. The molecule has 0 aliphatic heterocycles. The number of nitrogens with zero attached hydrogens (tertiary/aromatic N) is 2. The molecule has 0 amide bonds. The van der Waals surface area contributed by atoms with E-state index in [-0.39, 0.29) is 0 Å². The fraction of sp³-hybridized carbons (Fsp3) is 0.188. The molecule has 0 radical (unpaired) electrons. The maximum absolute atomic E-state index is 6.22. The third-order valence-corrected chi connectivity index (χ3v) is 4.97. The van der Waals surface area contributed by atoms with Gasteiger partial charge in [0.2, 0.25) is 0 Å². The van der Waals surface area contributed by atoms with E-state index >= 15 is 0 Å². The van der Waals surface area contributed by atoms with Crippen LogP contribution in [0.3, 0.4) is 0 Å². The Morgan fingerprint density at radius 1 is 1.19 bits per heavy atom. The number of hydrogen-bond donors (Lipinski definition) is 1. The van der Waals surface area contributed by atoms with Crippen LogP contribution in [0.1, 0.15) is 12.6 Å². The predicted molar refractivity (Wildman–Crippen MR) is 90.8 cm³/mol. The molecule has 3 rings (SSSR count). The monoisotopic (exact) mass is 317 g/mol. The Labute approximate surface area is 133 Å². The van der Waals surface area contributed by atoms with Crippen molar-refractivity contribution in [1.82, 2.24) is 9.78 Å². The quantitative estimate of drug-likeness (QED) is 0.565. The molecular formula is C16H16ClN3S. The van der Waals surface area contributed by atoms with Gasteiger partial charge in [0.05, 0.1) is 16.2 Å². The smallest absolute Gasteiger partial charge is 0.0805 e. The van der Waals surface area contributed by atoms with Gasteiger partial charge < -0.3 is 5.73 Å². The molecule has 108 valence electrons. The minimum absolute atomic E-state index is 0.694. The molecule has 0 saturated heterocycles. The van der Waals surface area contributed by atoms with Gasteiger partial charge in [-0.25, -0.2) is 0 Å². The Kier molecular flexibility index (Phi) is 4.08. The summed E-state index contributed by atoms with van der Waals surface area (Å²) < 4.78 is 2.03. The van der Waals surface area contributed by atoms with Crippen LogP contribution in [0.2, 0.25) is 5.02 Å². The molecule has 0 aliphatic rings. The van der Waals surface area contributed by atoms with Gasteiger partial charge in [-0.15, -0.1) is 11.8 Å². The van der Waals surface area contributed by atoms with Crippen molar-refractivity contribution in [3.8, 4) is 0 Å². The summed E-state index contributed by atoms with van der Waals surface area (Å²) in [5.41, 5.74) is 8.95. The average Bonchev–Trinajstić information content (AvgIpc) is 2.85. The molecule has 0 bridgehead atoms. The lowest BCUT2D eigenvalue weighted by Gasteiger charge is -2.06. The molecule has 0 saturated carbocycles. The van der Waals surface area contributed by atoms with E-state index in [0.29, 0.717) is 10.7 Å². The molecule has 2 N–H and O–H groups in total. The fourth-order valence-electron chi connectivity index (χ4n) is 2.36. The van der Waals surface area contributed by atoms with Crippen LogP contribution in [-0.2, 0) is 12.3 Å². The summed E-state index contributed by atoms with van der Waals surface area (Å²) in [7, 11) is 0. The summed E-state index contributed by atoms with van der Waals surface area (Å²) in [5, 5.41) is 6.58. The number of aromatic nitrogens is 2. The molecule has 5 heteroatoms. The number of aryl methyl sites for hydroxylation is 1. The first-order chi connectivity index (χ1) is 10.2. The van der Waals surface area contributed by atoms with Gasteiger partial charge >= 0.3 is 0 Å². The first-order valence-corrected chi connectivity index (χ1v) is 8.18. The number of halogens is 1. The number of para-hydroxylation sites is 1. The lowest BCUT2D eigenvalue weighted by Crippen LogP contribution is -1.96. The largest absolute Gasteiger partial charge is 0.398 e. The Morgan fingerprint density at radius 3 is 2.76 bits per heavy atom. The van der Waals surface area contributed by atoms with Crippen LogP contribution >= 0.6 is 23.4 Å². The molecule has 0 spiro atoms. The normalized spacial score (nSPS) is 11.1. The number of hydrogen-bond acceptors (Lipinski definition) is 3. The van der Waals surface area contributed by atoms with E-state index in [9.17, 15) is 0 Å². The van der Waals surface area contributed by atoms with E-state index in [1.807, 2.05) is 35.0 Å². The number of rotatable bonds is 4. The Morgan fingerprint density at radius 2 is 2.00 bits per heavy atom. The Bertz CT molecular complexity index is 762. The van der Waals surface area contributed by atoms with Crippen molar-refractivity contribution in [1.29, 1.82) is 0 Å². The molecule has 0 fully saturated rings. The van der Waals surface area contributed by atoms with Gasteiger partial charge in [0, 0.05) is 28.3 Å². The summed E-state index contributed by atoms with van der Waals surface area (Å²) in [5.74, 6) is 0.751. The van der Waals surface area contributed by atoms with E-state index in [4.69, 9.17) is 22.4 Å². The Balaban J connectivity index is 1.92. The van der Waals surface area contributed by atoms with Crippen molar-refractivity contribution in [3.05, 3.63) is 53.2 Å². The van der Waals surface area contributed by atoms with Gasteiger partial charge in [-0.1, -0.05) is 35.9 Å². The highest BCUT2D eigenvalue weighted by atomic mass is 35.5. The molecule has 3 aromatic rings. The summed E-state index contributed by atoms with van der Waals surface area (Å²) in [4.78, 5) is 0.925. The number of benzene rings is 2. The number of nitrogen functional groups attached to an aromatic ring is 1. The van der Waals surface area contributed by atoms with Crippen molar-refractivity contribution in [3.63, 3.8) is 0 Å². The van der Waals surface area contributed by atoms with Gasteiger partial charge in [-0.3, -0.25) is 4.68 Å². The summed E-state index contributed by atoms with van der Waals surface area (Å²) >= 11 is 7.85. The second kappa shape index (κ2) is 6.00. The van der Waals surface area contributed by atoms with Crippen LogP contribution in [0.5, 0.6) is 0 Å². The molecule has 0 unspecified atom stereocenters. The molecule has 21 heavy (non-hydrogen) atoms. The van der Waals surface area contributed by atoms with E-state index in [1.54, 1.807) is 11.8 Å². The SMILES string of the molecule is CCn1nc(CSc2c(N)cccc2Cl)c2ccccc21. The lowest BCUT2D eigenvalue weighted by molar-refractivity contribution is 0.675. The second-order valence-corrected chi connectivity index (χ2v) is 6.12. The fourth-order valence-corrected chi connectivity index (χ4v) is 3.64. The van der Waals surface area contributed by atoms with Gasteiger partial charge in [0.1, 0.15) is 0 Å². The first-order valence-electron chi connectivity index (χ1n) is 6.82. The van der Waals surface area contributed by atoms with Crippen molar-refractivity contribution in [2.24, 2.45) is 0 Å².